The lowest BCUT2D eigenvalue weighted by molar-refractivity contribution is -0.129. The van der Waals surface area contributed by atoms with Crippen LogP contribution < -0.4 is 0 Å². The second-order valence-electron chi connectivity index (χ2n) is 6.63. The molecule has 4 rings (SSSR count). The van der Waals surface area contributed by atoms with E-state index in [-0.39, 0.29) is 11.8 Å². The van der Waals surface area contributed by atoms with Gasteiger partial charge in [-0.15, -0.1) is 0 Å². The van der Waals surface area contributed by atoms with Crippen LogP contribution in [-0.4, -0.2) is 37.6 Å². The first-order valence-corrected chi connectivity index (χ1v) is 9.68. The molecule has 1 amide bonds. The summed E-state index contributed by atoms with van der Waals surface area (Å²) in [4.78, 5) is 14.8. The fraction of sp³-hybridized carbons (Fsp3) is 0.316. The molecular weight excluding hydrogens is 322 g/mol. The number of amides is 1. The SMILES string of the molecule is Cc1ccccc1CC(=O)N1C[C@H]2c3ccccc3S(=O)(=O)[C@H]2C1. The molecule has 5 heteroatoms. The van der Waals surface area contributed by atoms with E-state index in [9.17, 15) is 13.2 Å². The number of fused-ring (bicyclic) bond motifs is 3. The predicted molar refractivity (Wildman–Crippen MR) is 91.6 cm³/mol. The van der Waals surface area contributed by atoms with Crippen molar-refractivity contribution >= 4 is 15.7 Å². The highest BCUT2D eigenvalue weighted by atomic mass is 32.2. The second kappa shape index (κ2) is 5.45. The third kappa shape index (κ3) is 2.26. The van der Waals surface area contributed by atoms with Crippen LogP contribution in [0, 0.1) is 6.92 Å². The highest BCUT2D eigenvalue weighted by Gasteiger charge is 2.50. The van der Waals surface area contributed by atoms with Crippen molar-refractivity contribution < 1.29 is 13.2 Å². The van der Waals surface area contributed by atoms with Gasteiger partial charge in [0.2, 0.25) is 5.91 Å². The van der Waals surface area contributed by atoms with Gasteiger partial charge in [-0.3, -0.25) is 4.79 Å². The summed E-state index contributed by atoms with van der Waals surface area (Å²) < 4.78 is 25.4. The van der Waals surface area contributed by atoms with Crippen LogP contribution in [0.15, 0.2) is 53.4 Å². The smallest absolute Gasteiger partial charge is 0.227 e. The molecule has 0 aromatic heterocycles. The third-order valence-electron chi connectivity index (χ3n) is 5.25. The van der Waals surface area contributed by atoms with Crippen LogP contribution in [0.2, 0.25) is 0 Å². The summed E-state index contributed by atoms with van der Waals surface area (Å²) >= 11 is 0. The van der Waals surface area contributed by atoms with E-state index in [1.54, 1.807) is 17.0 Å². The highest BCUT2D eigenvalue weighted by molar-refractivity contribution is 7.92. The molecule has 0 saturated carbocycles. The third-order valence-corrected chi connectivity index (χ3v) is 7.50. The quantitative estimate of drug-likeness (QED) is 0.842. The van der Waals surface area contributed by atoms with Gasteiger partial charge in [-0.05, 0) is 29.7 Å². The first-order chi connectivity index (χ1) is 11.5. The number of benzene rings is 2. The zero-order valence-electron chi connectivity index (χ0n) is 13.5. The molecule has 2 heterocycles. The molecular formula is C19H19NO3S. The number of rotatable bonds is 2. The molecule has 2 aliphatic heterocycles. The average Bonchev–Trinajstić information content (AvgIpc) is 3.10. The highest BCUT2D eigenvalue weighted by Crippen LogP contribution is 2.44. The van der Waals surface area contributed by atoms with Gasteiger partial charge in [0.1, 0.15) is 0 Å². The van der Waals surface area contributed by atoms with Gasteiger partial charge in [0.05, 0.1) is 16.6 Å². The lowest BCUT2D eigenvalue weighted by Gasteiger charge is -2.18. The number of hydrogen-bond donors (Lipinski definition) is 0. The van der Waals surface area contributed by atoms with Gasteiger partial charge >= 0.3 is 0 Å². The van der Waals surface area contributed by atoms with Crippen LogP contribution in [0.3, 0.4) is 0 Å². The summed E-state index contributed by atoms with van der Waals surface area (Å²) in [6.45, 7) is 2.78. The molecule has 0 radical (unpaired) electrons. The Morgan fingerprint density at radius 1 is 1.08 bits per heavy atom. The minimum Gasteiger partial charge on any atom is -0.340 e. The molecule has 124 valence electrons. The van der Waals surface area contributed by atoms with E-state index in [0.717, 1.165) is 16.7 Å². The van der Waals surface area contributed by atoms with Gasteiger partial charge in [0.25, 0.3) is 0 Å². The van der Waals surface area contributed by atoms with Gasteiger partial charge in [0, 0.05) is 19.0 Å². The van der Waals surface area contributed by atoms with Crippen molar-refractivity contribution in [1.29, 1.82) is 0 Å². The molecule has 2 atom stereocenters. The van der Waals surface area contributed by atoms with Crippen molar-refractivity contribution in [3.63, 3.8) is 0 Å². The molecule has 4 nitrogen and oxygen atoms in total. The van der Waals surface area contributed by atoms with E-state index in [2.05, 4.69) is 0 Å². The van der Waals surface area contributed by atoms with E-state index in [4.69, 9.17) is 0 Å². The van der Waals surface area contributed by atoms with Gasteiger partial charge in [0.15, 0.2) is 9.84 Å². The first-order valence-electron chi connectivity index (χ1n) is 8.13. The predicted octanol–water partition coefficient (Wildman–Crippen LogP) is 2.32. The summed E-state index contributed by atoms with van der Waals surface area (Å²) in [6, 6.07) is 15.0. The molecule has 2 aliphatic rings. The topological polar surface area (TPSA) is 54.5 Å². The molecule has 0 bridgehead atoms. The lowest BCUT2D eigenvalue weighted by Crippen LogP contribution is -2.33. The zero-order chi connectivity index (χ0) is 16.9. The van der Waals surface area contributed by atoms with Crippen LogP contribution >= 0.6 is 0 Å². The summed E-state index contributed by atoms with van der Waals surface area (Å²) in [5.41, 5.74) is 2.96. The van der Waals surface area contributed by atoms with Crippen molar-refractivity contribution in [3.8, 4) is 0 Å². The van der Waals surface area contributed by atoms with Crippen LogP contribution in [0.5, 0.6) is 0 Å². The Bertz CT molecular complexity index is 920. The van der Waals surface area contributed by atoms with Crippen molar-refractivity contribution in [2.24, 2.45) is 0 Å². The molecule has 2 aromatic rings. The minimum absolute atomic E-state index is 0.00591. The van der Waals surface area contributed by atoms with E-state index in [1.165, 1.54) is 0 Å². The lowest BCUT2D eigenvalue weighted by atomic mass is 9.99. The van der Waals surface area contributed by atoms with E-state index < -0.39 is 15.1 Å². The van der Waals surface area contributed by atoms with Crippen molar-refractivity contribution in [2.75, 3.05) is 13.1 Å². The van der Waals surface area contributed by atoms with Crippen molar-refractivity contribution in [1.82, 2.24) is 4.90 Å². The second-order valence-corrected chi connectivity index (χ2v) is 8.77. The van der Waals surface area contributed by atoms with Gasteiger partial charge in [-0.25, -0.2) is 8.42 Å². The number of carbonyl (C=O) groups is 1. The Morgan fingerprint density at radius 2 is 1.79 bits per heavy atom. The molecule has 0 aliphatic carbocycles. The van der Waals surface area contributed by atoms with Crippen LogP contribution in [0.1, 0.15) is 22.6 Å². The Kier molecular flexibility index (Phi) is 3.49. The maximum absolute atomic E-state index is 12.7. The van der Waals surface area contributed by atoms with E-state index in [1.807, 2.05) is 43.3 Å². The summed E-state index contributed by atoms with van der Waals surface area (Å²) in [5, 5.41) is -0.490. The summed E-state index contributed by atoms with van der Waals surface area (Å²) in [7, 11) is -3.32. The Hall–Kier alpha value is -2.14. The largest absolute Gasteiger partial charge is 0.340 e. The van der Waals surface area contributed by atoms with Gasteiger partial charge in [-0.2, -0.15) is 0 Å². The molecule has 0 unspecified atom stereocenters. The number of carbonyl (C=O) groups excluding carboxylic acids is 1. The molecule has 24 heavy (non-hydrogen) atoms. The Balaban J connectivity index is 1.58. The van der Waals surface area contributed by atoms with Crippen molar-refractivity contribution in [3.05, 3.63) is 65.2 Å². The van der Waals surface area contributed by atoms with E-state index in [0.29, 0.717) is 24.4 Å². The molecule has 1 fully saturated rings. The minimum atomic E-state index is -3.32. The van der Waals surface area contributed by atoms with Gasteiger partial charge < -0.3 is 4.90 Å². The number of aryl methyl sites for hydroxylation is 1. The fourth-order valence-electron chi connectivity index (χ4n) is 3.88. The number of likely N-dealkylation sites (tertiary alicyclic amines) is 1. The number of nitrogens with zero attached hydrogens (tertiary/aromatic N) is 1. The van der Waals surface area contributed by atoms with Crippen LogP contribution in [0.4, 0.5) is 0 Å². The average molecular weight is 341 g/mol. The first kappa shape index (κ1) is 15.4. The molecule has 0 N–H and O–H groups in total. The monoisotopic (exact) mass is 341 g/mol. The zero-order valence-corrected chi connectivity index (χ0v) is 14.3. The summed E-state index contributed by atoms with van der Waals surface area (Å²) in [6.07, 6.45) is 0.327. The van der Waals surface area contributed by atoms with E-state index >= 15 is 0 Å². The maximum atomic E-state index is 12.7. The van der Waals surface area contributed by atoms with Crippen molar-refractivity contribution in [2.45, 2.75) is 29.4 Å². The maximum Gasteiger partial charge on any atom is 0.227 e. The number of sulfone groups is 1. The van der Waals surface area contributed by atoms with Crippen LogP contribution in [0.25, 0.3) is 0 Å². The molecule has 0 spiro atoms. The Labute approximate surface area is 142 Å². The Morgan fingerprint density at radius 3 is 2.58 bits per heavy atom. The summed E-state index contributed by atoms with van der Waals surface area (Å²) in [5.74, 6) is -0.0848. The molecule has 1 saturated heterocycles. The number of hydrogen-bond acceptors (Lipinski definition) is 3. The fourth-order valence-corrected chi connectivity index (χ4v) is 6.07. The van der Waals surface area contributed by atoms with Gasteiger partial charge in [-0.1, -0.05) is 42.5 Å². The molecule has 2 aromatic carbocycles. The normalized spacial score (nSPS) is 23.8. The standard InChI is InChI=1S/C19H19NO3S/c1-13-6-2-3-7-14(13)10-19(21)20-11-16-15-8-4-5-9-17(15)24(22,23)18(16)12-20/h2-9,16,18H,10-12H2,1H3/t16-,18-/m0/s1. The van der Waals surface area contributed by atoms with Crippen LogP contribution in [-0.2, 0) is 21.1 Å².